The number of aromatic nitrogens is 3. The van der Waals surface area contributed by atoms with Crippen LogP contribution in [0, 0.1) is 5.92 Å². The molecule has 0 N–H and O–H groups in total. The Morgan fingerprint density at radius 3 is 2.87 bits per heavy atom. The Bertz CT molecular complexity index is 271. The highest BCUT2D eigenvalue weighted by atomic mass is 16.5. The van der Waals surface area contributed by atoms with Crippen LogP contribution in [0.1, 0.15) is 32.9 Å². The molecule has 0 spiro atoms. The molecule has 1 aromatic heterocycles. The monoisotopic (exact) mass is 211 g/mol. The van der Waals surface area contributed by atoms with Gasteiger partial charge in [0.25, 0.3) is 0 Å². The summed E-state index contributed by atoms with van der Waals surface area (Å²) in [4.78, 5) is 0. The minimum atomic E-state index is 0.607. The molecule has 0 fully saturated rings. The minimum absolute atomic E-state index is 0.607. The molecule has 0 unspecified atom stereocenters. The third-order valence-electron chi connectivity index (χ3n) is 1.99. The van der Waals surface area contributed by atoms with Crippen molar-refractivity contribution in [1.29, 1.82) is 0 Å². The predicted molar refractivity (Wildman–Crippen MR) is 59.7 cm³/mol. The Kier molecular flexibility index (Phi) is 5.32. The van der Waals surface area contributed by atoms with Crippen LogP contribution in [0.5, 0.6) is 0 Å². The van der Waals surface area contributed by atoms with Crippen molar-refractivity contribution in [3.63, 3.8) is 0 Å². The fraction of sp³-hybridized carbons (Fsp3) is 0.818. The molecule has 0 aliphatic carbocycles. The van der Waals surface area contributed by atoms with Gasteiger partial charge in [0.1, 0.15) is 0 Å². The number of nitrogens with zero attached hydrogens (tertiary/aromatic N) is 3. The van der Waals surface area contributed by atoms with Gasteiger partial charge in [0.05, 0.1) is 12.3 Å². The van der Waals surface area contributed by atoms with Gasteiger partial charge in [0.2, 0.25) is 0 Å². The van der Waals surface area contributed by atoms with E-state index in [0.29, 0.717) is 5.92 Å². The Labute approximate surface area is 91.6 Å². The molecule has 15 heavy (non-hydrogen) atoms. The van der Waals surface area contributed by atoms with Crippen LogP contribution in [0.4, 0.5) is 0 Å². The second-order valence-corrected chi connectivity index (χ2v) is 4.19. The van der Waals surface area contributed by atoms with Crippen molar-refractivity contribution in [2.45, 2.75) is 40.2 Å². The molecule has 1 rings (SSSR count). The van der Waals surface area contributed by atoms with E-state index in [0.717, 1.165) is 38.3 Å². The highest BCUT2D eigenvalue weighted by molar-refractivity contribution is 4.92. The highest BCUT2D eigenvalue weighted by Gasteiger charge is 2.02. The van der Waals surface area contributed by atoms with E-state index >= 15 is 0 Å². The molecule has 0 amide bonds. The van der Waals surface area contributed by atoms with E-state index in [2.05, 4.69) is 31.1 Å². The fourth-order valence-corrected chi connectivity index (χ4v) is 1.34. The molecular weight excluding hydrogens is 190 g/mol. The van der Waals surface area contributed by atoms with E-state index in [1.54, 1.807) is 0 Å². The summed E-state index contributed by atoms with van der Waals surface area (Å²) >= 11 is 0. The summed E-state index contributed by atoms with van der Waals surface area (Å²) in [5.41, 5.74) is 1.02. The van der Waals surface area contributed by atoms with E-state index < -0.39 is 0 Å². The predicted octanol–water partition coefficient (Wildman–Crippen LogP) is 1.90. The topological polar surface area (TPSA) is 39.9 Å². The van der Waals surface area contributed by atoms with Crippen LogP contribution >= 0.6 is 0 Å². The molecule has 1 aromatic rings. The average molecular weight is 211 g/mol. The lowest BCUT2D eigenvalue weighted by Crippen LogP contribution is -2.04. The first-order chi connectivity index (χ1) is 7.22. The number of ether oxygens (including phenoxy) is 1. The number of rotatable bonds is 7. The molecular formula is C11H21N3O. The molecule has 1 heterocycles. The first kappa shape index (κ1) is 12.2. The smallest absolute Gasteiger partial charge is 0.0850 e. The molecule has 0 aliphatic heterocycles. The summed E-state index contributed by atoms with van der Waals surface area (Å²) in [6.45, 7) is 8.97. The maximum absolute atomic E-state index is 5.40. The highest BCUT2D eigenvalue weighted by Crippen LogP contribution is 2.00. The minimum Gasteiger partial charge on any atom is -0.381 e. The van der Waals surface area contributed by atoms with Crippen LogP contribution in [0.25, 0.3) is 0 Å². The van der Waals surface area contributed by atoms with Crippen molar-refractivity contribution < 1.29 is 4.74 Å². The molecule has 0 saturated carbocycles. The van der Waals surface area contributed by atoms with E-state index in [1.165, 1.54) is 0 Å². The third-order valence-corrected chi connectivity index (χ3v) is 1.99. The van der Waals surface area contributed by atoms with Gasteiger partial charge in [-0.2, -0.15) is 0 Å². The zero-order chi connectivity index (χ0) is 11.1. The average Bonchev–Trinajstić information content (AvgIpc) is 2.59. The molecule has 0 bridgehead atoms. The van der Waals surface area contributed by atoms with Gasteiger partial charge in [-0.15, -0.1) is 5.10 Å². The molecule has 86 valence electrons. The normalized spacial score (nSPS) is 11.2. The van der Waals surface area contributed by atoms with Gasteiger partial charge in [0.15, 0.2) is 0 Å². The summed E-state index contributed by atoms with van der Waals surface area (Å²) in [6, 6.07) is 0. The lowest BCUT2D eigenvalue weighted by Gasteiger charge is -2.02. The molecule has 4 nitrogen and oxygen atoms in total. The van der Waals surface area contributed by atoms with Gasteiger partial charge in [-0.1, -0.05) is 26.0 Å². The number of hydrogen-bond acceptors (Lipinski definition) is 3. The molecule has 0 radical (unpaired) electrons. The van der Waals surface area contributed by atoms with E-state index in [9.17, 15) is 0 Å². The van der Waals surface area contributed by atoms with Crippen LogP contribution < -0.4 is 0 Å². The quantitative estimate of drug-likeness (QED) is 0.647. The van der Waals surface area contributed by atoms with Crippen LogP contribution in [-0.2, 0) is 17.7 Å². The molecule has 0 atom stereocenters. The zero-order valence-corrected chi connectivity index (χ0v) is 9.94. The van der Waals surface area contributed by atoms with Crippen molar-refractivity contribution in [3.05, 3.63) is 11.9 Å². The van der Waals surface area contributed by atoms with Gasteiger partial charge >= 0.3 is 0 Å². The lowest BCUT2D eigenvalue weighted by atomic mass is 10.2. The molecule has 0 aliphatic rings. The van der Waals surface area contributed by atoms with Crippen LogP contribution in [0.2, 0.25) is 0 Å². The summed E-state index contributed by atoms with van der Waals surface area (Å²) in [5.74, 6) is 0.607. The summed E-state index contributed by atoms with van der Waals surface area (Å²) < 4.78 is 7.30. The van der Waals surface area contributed by atoms with Crippen LogP contribution in [0.15, 0.2) is 6.20 Å². The van der Waals surface area contributed by atoms with Crippen molar-refractivity contribution in [2.75, 3.05) is 13.2 Å². The fourth-order valence-electron chi connectivity index (χ4n) is 1.34. The van der Waals surface area contributed by atoms with Gasteiger partial charge in [0, 0.05) is 25.8 Å². The number of hydrogen-bond donors (Lipinski definition) is 0. The van der Waals surface area contributed by atoms with Gasteiger partial charge in [-0.3, -0.25) is 4.68 Å². The third kappa shape index (κ3) is 4.93. The maximum atomic E-state index is 5.40. The van der Waals surface area contributed by atoms with Gasteiger partial charge in [-0.05, 0) is 12.3 Å². The zero-order valence-electron chi connectivity index (χ0n) is 9.94. The van der Waals surface area contributed by atoms with Crippen molar-refractivity contribution in [1.82, 2.24) is 15.0 Å². The second-order valence-electron chi connectivity index (χ2n) is 4.19. The van der Waals surface area contributed by atoms with Gasteiger partial charge in [-0.25, -0.2) is 0 Å². The van der Waals surface area contributed by atoms with Gasteiger partial charge < -0.3 is 4.74 Å². The maximum Gasteiger partial charge on any atom is 0.0850 e. The van der Waals surface area contributed by atoms with Crippen molar-refractivity contribution >= 4 is 0 Å². The Balaban J connectivity index is 2.26. The summed E-state index contributed by atoms with van der Waals surface area (Å²) in [7, 11) is 0. The van der Waals surface area contributed by atoms with Crippen LogP contribution in [0.3, 0.4) is 0 Å². The Hall–Kier alpha value is -0.900. The second kappa shape index (κ2) is 6.56. The first-order valence-electron chi connectivity index (χ1n) is 5.69. The molecule has 0 aromatic carbocycles. The summed E-state index contributed by atoms with van der Waals surface area (Å²) in [6.07, 6.45) is 3.94. The van der Waals surface area contributed by atoms with Crippen molar-refractivity contribution in [2.24, 2.45) is 5.92 Å². The SMILES string of the molecule is CCCOCCc1cn(CC(C)C)nn1. The largest absolute Gasteiger partial charge is 0.381 e. The van der Waals surface area contributed by atoms with Crippen molar-refractivity contribution in [3.8, 4) is 0 Å². The summed E-state index contributed by atoms with van der Waals surface area (Å²) in [5, 5.41) is 8.17. The molecule has 4 heteroatoms. The van der Waals surface area contributed by atoms with E-state index in [1.807, 2.05) is 10.9 Å². The van der Waals surface area contributed by atoms with E-state index in [4.69, 9.17) is 4.74 Å². The van der Waals surface area contributed by atoms with Crippen LogP contribution in [-0.4, -0.2) is 28.2 Å². The van der Waals surface area contributed by atoms with E-state index in [-0.39, 0.29) is 0 Å². The Morgan fingerprint density at radius 2 is 2.20 bits per heavy atom. The standard InChI is InChI=1S/C11H21N3O/c1-4-6-15-7-5-11-9-14(13-12-11)8-10(2)3/h9-10H,4-8H2,1-3H3. The molecule has 0 saturated heterocycles. The first-order valence-corrected chi connectivity index (χ1v) is 5.69. The Morgan fingerprint density at radius 1 is 1.40 bits per heavy atom. The lowest BCUT2D eigenvalue weighted by molar-refractivity contribution is 0.137.